The van der Waals surface area contributed by atoms with Crippen LogP contribution in [-0.2, 0) is 8.85 Å². The van der Waals surface area contributed by atoms with Crippen LogP contribution in [0.15, 0.2) is 0 Å². The molecule has 5 heteroatoms. The Balaban J connectivity index is 2.39. The lowest BCUT2D eigenvalue weighted by atomic mass is 9.56. The second kappa shape index (κ2) is 11.3. The van der Waals surface area contributed by atoms with E-state index in [2.05, 4.69) is 81.6 Å². The quantitative estimate of drug-likeness (QED) is 0.255. The molecule has 1 N–H and O–H groups in total. The smallest absolute Gasteiger partial charge is 0.192 e. The van der Waals surface area contributed by atoms with Gasteiger partial charge in [0.2, 0.25) is 0 Å². The highest BCUT2D eigenvalue weighted by Crippen LogP contribution is 2.63. The van der Waals surface area contributed by atoms with Crippen LogP contribution in [0.2, 0.25) is 36.3 Å². The Labute approximate surface area is 243 Å². The average Bonchev–Trinajstić information content (AvgIpc) is 3.14. The van der Waals surface area contributed by atoms with Crippen LogP contribution in [0.25, 0.3) is 0 Å². The molecular formula is C32H66O3Si2. The van der Waals surface area contributed by atoms with Crippen LogP contribution in [0.3, 0.4) is 0 Å². The molecule has 37 heavy (non-hydrogen) atoms. The summed E-state index contributed by atoms with van der Waals surface area (Å²) in [7, 11) is -3.91. The van der Waals surface area contributed by atoms with Gasteiger partial charge in [-0.1, -0.05) is 68.2 Å². The number of aliphatic hydroxyl groups is 1. The lowest BCUT2D eigenvalue weighted by Crippen LogP contribution is -2.51. The van der Waals surface area contributed by atoms with Crippen molar-refractivity contribution in [3.05, 3.63) is 0 Å². The van der Waals surface area contributed by atoms with Crippen molar-refractivity contribution in [2.24, 2.45) is 22.7 Å². The molecule has 3 nitrogen and oxygen atoms in total. The largest absolute Gasteiger partial charge is 0.417 e. The van der Waals surface area contributed by atoms with Gasteiger partial charge in [0.15, 0.2) is 16.6 Å². The molecule has 0 aromatic heterocycles. The van der Waals surface area contributed by atoms with E-state index in [1.807, 2.05) is 0 Å². The van der Waals surface area contributed by atoms with Gasteiger partial charge in [0.05, 0.1) is 5.60 Å². The molecule has 0 aliphatic heterocycles. The van der Waals surface area contributed by atoms with Gasteiger partial charge in [0.1, 0.15) is 0 Å². The fourth-order valence-corrected chi connectivity index (χ4v) is 9.38. The molecule has 3 unspecified atom stereocenters. The fraction of sp³-hybridized carbons (Fsp3) is 1.00. The average molecular weight is 561 g/mol. The second-order valence-electron chi connectivity index (χ2n) is 16.3. The lowest BCUT2D eigenvalue weighted by Gasteiger charge is -2.53. The minimum absolute atomic E-state index is 0.0847. The predicted octanol–water partition coefficient (Wildman–Crippen LogP) is 9.95. The van der Waals surface area contributed by atoms with E-state index < -0.39 is 35.9 Å². The van der Waals surface area contributed by atoms with Gasteiger partial charge in [-0.2, -0.15) is 0 Å². The second-order valence-corrected chi connectivity index (χ2v) is 25.8. The Bertz CT molecular complexity index is 923. The van der Waals surface area contributed by atoms with Crippen LogP contribution in [0.4, 0.5) is 0 Å². The van der Waals surface area contributed by atoms with Crippen LogP contribution >= 0.6 is 0 Å². The van der Waals surface area contributed by atoms with Crippen LogP contribution in [0.5, 0.6) is 0 Å². The zero-order valence-electron chi connectivity index (χ0n) is 32.6. The molecule has 0 bridgehead atoms. The summed E-state index contributed by atoms with van der Waals surface area (Å²) < 4.78 is 61.0. The molecule has 2 rings (SSSR count). The third kappa shape index (κ3) is 7.95. The van der Waals surface area contributed by atoms with Crippen LogP contribution in [0.1, 0.15) is 135 Å². The summed E-state index contributed by atoms with van der Waals surface area (Å²) >= 11 is 0. The van der Waals surface area contributed by atoms with Crippen molar-refractivity contribution in [2.45, 2.75) is 175 Å². The molecule has 220 valence electrons. The van der Waals surface area contributed by atoms with Gasteiger partial charge >= 0.3 is 0 Å². The van der Waals surface area contributed by atoms with E-state index in [0.29, 0.717) is 31.3 Å². The predicted molar refractivity (Wildman–Crippen MR) is 166 cm³/mol. The summed E-state index contributed by atoms with van der Waals surface area (Å²) in [5.41, 5.74) is -2.82. The molecule has 2 saturated carbocycles. The first-order valence-corrected chi connectivity index (χ1v) is 20.8. The summed E-state index contributed by atoms with van der Waals surface area (Å²) in [6, 6.07) is 0. The Kier molecular flexibility index (Phi) is 7.65. The minimum Gasteiger partial charge on any atom is -0.417 e. The molecule has 2 aliphatic rings. The zero-order valence-corrected chi connectivity index (χ0v) is 28.6. The van der Waals surface area contributed by atoms with Gasteiger partial charge < -0.3 is 14.0 Å². The molecule has 0 amide bonds. The van der Waals surface area contributed by atoms with E-state index in [0.717, 1.165) is 38.5 Å². The first kappa shape index (κ1) is 25.1. The first-order chi connectivity index (χ1) is 19.0. The standard InChI is InChI=1S/C32H66O3Si2/c1-28(2,3)36(11,12)34-24-23-31(9,21-16-20-30(7,8)33)27-19-18-25-26(17-15-22-32(25,27)10)35-37(13,14)29(4,5)6/h25-27,33H,15-24H2,1-14H3/t25?,26-,27?,31?,32-/m0/s1/i7D3,8D3. The molecule has 0 saturated heterocycles. The zero-order chi connectivity index (χ0) is 33.7. The van der Waals surface area contributed by atoms with Gasteiger partial charge in [0, 0.05) is 20.9 Å². The summed E-state index contributed by atoms with van der Waals surface area (Å²) in [6.07, 6.45) is 7.40. The third-order valence-electron chi connectivity index (χ3n) is 11.4. The van der Waals surface area contributed by atoms with Crippen molar-refractivity contribution >= 4 is 16.6 Å². The number of hydrogen-bond acceptors (Lipinski definition) is 3. The molecule has 0 radical (unpaired) electrons. The molecule has 0 spiro atoms. The minimum atomic E-state index is -2.98. The van der Waals surface area contributed by atoms with Crippen molar-refractivity contribution in [3.8, 4) is 0 Å². The molecule has 0 heterocycles. The molecule has 0 aromatic carbocycles. The molecule has 0 aromatic rings. The van der Waals surface area contributed by atoms with Crippen LogP contribution in [-0.4, -0.2) is 40.1 Å². The highest BCUT2D eigenvalue weighted by molar-refractivity contribution is 6.74. The maximum atomic E-state index is 11.0. The van der Waals surface area contributed by atoms with Crippen LogP contribution in [0, 0.1) is 22.7 Å². The summed E-state index contributed by atoms with van der Waals surface area (Å²) in [6.45, 7) is 22.3. The van der Waals surface area contributed by atoms with Crippen LogP contribution < -0.4 is 0 Å². The lowest BCUT2D eigenvalue weighted by molar-refractivity contribution is -0.0508. The van der Waals surface area contributed by atoms with Crippen molar-refractivity contribution in [1.82, 2.24) is 0 Å². The first-order valence-electron chi connectivity index (χ1n) is 18.0. The maximum Gasteiger partial charge on any atom is 0.192 e. The van der Waals surface area contributed by atoms with Crippen molar-refractivity contribution in [1.29, 1.82) is 0 Å². The fourth-order valence-electron chi connectivity index (χ4n) is 6.94. The van der Waals surface area contributed by atoms with Gasteiger partial charge in [-0.15, -0.1) is 0 Å². The third-order valence-corrected chi connectivity index (χ3v) is 20.4. The molecule has 5 atom stereocenters. The van der Waals surface area contributed by atoms with Gasteiger partial charge in [-0.05, 0) is 118 Å². The van der Waals surface area contributed by atoms with Gasteiger partial charge in [0.25, 0.3) is 0 Å². The normalized spacial score (nSPS) is 32.8. The van der Waals surface area contributed by atoms with Crippen molar-refractivity contribution < 1.29 is 22.2 Å². The SMILES string of the molecule is [2H]C([2H])([2H])C(O)(CCCC(C)(CCO[Si](C)(C)C(C)(C)C)C1CCC2[C@@H](O[Si](C)(C)C(C)(C)C)CCC[C@@]21C)C([2H])([2H])[2H]. The monoisotopic (exact) mass is 560 g/mol. The van der Waals surface area contributed by atoms with E-state index in [-0.39, 0.29) is 33.4 Å². The summed E-state index contributed by atoms with van der Waals surface area (Å²) in [5.74, 6) is 0.857. The Morgan fingerprint density at radius 2 is 1.46 bits per heavy atom. The maximum absolute atomic E-state index is 11.0. The van der Waals surface area contributed by atoms with E-state index in [9.17, 15) is 5.11 Å². The molecule has 2 fully saturated rings. The van der Waals surface area contributed by atoms with Gasteiger partial charge in [-0.25, -0.2) is 0 Å². The number of hydrogen-bond donors (Lipinski definition) is 1. The van der Waals surface area contributed by atoms with E-state index >= 15 is 0 Å². The van der Waals surface area contributed by atoms with Gasteiger partial charge in [-0.3, -0.25) is 0 Å². The van der Waals surface area contributed by atoms with Crippen molar-refractivity contribution in [2.75, 3.05) is 6.61 Å². The van der Waals surface area contributed by atoms with E-state index in [1.165, 1.54) is 0 Å². The van der Waals surface area contributed by atoms with Crippen molar-refractivity contribution in [3.63, 3.8) is 0 Å². The van der Waals surface area contributed by atoms with E-state index in [1.54, 1.807) is 0 Å². The Hall–Kier alpha value is 0.314. The number of fused-ring (bicyclic) bond motifs is 1. The number of rotatable bonds is 11. The summed E-state index contributed by atoms with van der Waals surface area (Å²) in [4.78, 5) is 0. The highest BCUT2D eigenvalue weighted by Gasteiger charge is 2.57. The molecule has 2 aliphatic carbocycles. The Morgan fingerprint density at radius 1 is 0.865 bits per heavy atom. The molecular weight excluding hydrogens is 489 g/mol. The Morgan fingerprint density at radius 3 is 2.00 bits per heavy atom. The summed E-state index contributed by atoms with van der Waals surface area (Å²) in [5, 5.41) is 11.3. The van der Waals surface area contributed by atoms with E-state index in [4.69, 9.17) is 17.1 Å². The topological polar surface area (TPSA) is 38.7 Å². The highest BCUT2D eigenvalue weighted by atomic mass is 28.4.